The highest BCUT2D eigenvalue weighted by molar-refractivity contribution is 7.99. The third-order valence-electron chi connectivity index (χ3n) is 3.30. The van der Waals surface area contributed by atoms with E-state index in [2.05, 4.69) is 20.5 Å². The molecule has 1 aromatic carbocycles. The monoisotopic (exact) mass is 327 g/mol. The molecular formula is C16H17N5OS. The van der Waals surface area contributed by atoms with Crippen LogP contribution in [0.2, 0.25) is 0 Å². The van der Waals surface area contributed by atoms with Gasteiger partial charge in [0.25, 0.3) is 5.78 Å². The van der Waals surface area contributed by atoms with Crippen LogP contribution in [0.3, 0.4) is 0 Å². The molecule has 118 valence electrons. The molecule has 0 aliphatic rings. The van der Waals surface area contributed by atoms with Crippen LogP contribution < -0.4 is 5.32 Å². The molecule has 3 aromatic rings. The van der Waals surface area contributed by atoms with Crippen LogP contribution in [0, 0.1) is 20.8 Å². The van der Waals surface area contributed by atoms with Crippen molar-refractivity contribution in [2.24, 2.45) is 0 Å². The summed E-state index contributed by atoms with van der Waals surface area (Å²) >= 11 is 1.35. The van der Waals surface area contributed by atoms with E-state index in [0.29, 0.717) is 10.9 Å². The van der Waals surface area contributed by atoms with Crippen molar-refractivity contribution in [1.82, 2.24) is 19.6 Å². The van der Waals surface area contributed by atoms with Crippen molar-refractivity contribution < 1.29 is 4.79 Å². The lowest BCUT2D eigenvalue weighted by molar-refractivity contribution is -0.113. The van der Waals surface area contributed by atoms with Crippen LogP contribution in [-0.2, 0) is 4.79 Å². The number of rotatable bonds is 4. The van der Waals surface area contributed by atoms with Crippen LogP contribution in [0.5, 0.6) is 0 Å². The molecule has 3 rings (SSSR count). The Kier molecular flexibility index (Phi) is 4.29. The molecule has 6 nitrogen and oxygen atoms in total. The van der Waals surface area contributed by atoms with E-state index >= 15 is 0 Å². The summed E-state index contributed by atoms with van der Waals surface area (Å²) in [5, 5.41) is 11.7. The van der Waals surface area contributed by atoms with Gasteiger partial charge in [0, 0.05) is 17.1 Å². The van der Waals surface area contributed by atoms with Crippen molar-refractivity contribution in [3.8, 4) is 0 Å². The fraction of sp³-hybridized carbons (Fsp3) is 0.250. The number of amides is 1. The minimum absolute atomic E-state index is 0.0740. The highest BCUT2D eigenvalue weighted by atomic mass is 32.2. The molecule has 0 radical (unpaired) electrons. The molecule has 0 unspecified atom stereocenters. The predicted molar refractivity (Wildman–Crippen MR) is 90.8 cm³/mol. The molecule has 0 aliphatic carbocycles. The SMILES string of the molecule is Cc1cccc(NC(=O)CSc2nnc3nc(C)cc(C)n23)c1. The summed E-state index contributed by atoms with van der Waals surface area (Å²) < 4.78 is 1.86. The van der Waals surface area contributed by atoms with Crippen molar-refractivity contribution in [2.75, 3.05) is 11.1 Å². The first-order chi connectivity index (χ1) is 11.0. The molecule has 0 atom stereocenters. The number of benzene rings is 1. The second-order valence-corrected chi connectivity index (χ2v) is 6.31. The van der Waals surface area contributed by atoms with Crippen LogP contribution in [-0.4, -0.2) is 31.2 Å². The Balaban J connectivity index is 1.70. The van der Waals surface area contributed by atoms with Gasteiger partial charge in [-0.3, -0.25) is 9.20 Å². The maximum atomic E-state index is 12.1. The van der Waals surface area contributed by atoms with Crippen molar-refractivity contribution in [3.63, 3.8) is 0 Å². The maximum absolute atomic E-state index is 12.1. The molecule has 0 fully saturated rings. The lowest BCUT2D eigenvalue weighted by Crippen LogP contribution is -2.14. The summed E-state index contributed by atoms with van der Waals surface area (Å²) in [6, 6.07) is 9.68. The molecule has 0 saturated carbocycles. The molecule has 0 saturated heterocycles. The van der Waals surface area contributed by atoms with Crippen molar-refractivity contribution in [2.45, 2.75) is 25.9 Å². The van der Waals surface area contributed by atoms with E-state index in [-0.39, 0.29) is 11.7 Å². The fourth-order valence-corrected chi connectivity index (χ4v) is 3.13. The second kappa shape index (κ2) is 6.37. The third kappa shape index (κ3) is 3.50. The minimum Gasteiger partial charge on any atom is -0.325 e. The standard InChI is InChI=1S/C16H17N5OS/c1-10-5-4-6-13(7-10)18-14(22)9-23-16-20-19-15-17-11(2)8-12(3)21(15)16/h4-8H,9H2,1-3H3,(H,18,22). The number of carbonyl (C=O) groups is 1. The first kappa shape index (κ1) is 15.5. The van der Waals surface area contributed by atoms with E-state index in [1.807, 2.05) is 55.5 Å². The highest BCUT2D eigenvalue weighted by Crippen LogP contribution is 2.19. The quantitative estimate of drug-likeness (QED) is 0.746. The molecule has 23 heavy (non-hydrogen) atoms. The Morgan fingerprint density at radius 1 is 1.22 bits per heavy atom. The highest BCUT2D eigenvalue weighted by Gasteiger charge is 2.12. The van der Waals surface area contributed by atoms with Gasteiger partial charge in [-0.15, -0.1) is 10.2 Å². The number of aromatic nitrogens is 4. The first-order valence-corrected chi connectivity index (χ1v) is 8.20. The van der Waals surface area contributed by atoms with E-state index in [4.69, 9.17) is 0 Å². The summed E-state index contributed by atoms with van der Waals surface area (Å²) in [5.41, 5.74) is 3.81. The van der Waals surface area contributed by atoms with Gasteiger partial charge in [0.1, 0.15) is 0 Å². The Morgan fingerprint density at radius 2 is 2.04 bits per heavy atom. The molecule has 1 amide bonds. The molecule has 0 bridgehead atoms. The number of carbonyl (C=O) groups excluding carboxylic acids is 1. The van der Waals surface area contributed by atoms with E-state index < -0.39 is 0 Å². The zero-order chi connectivity index (χ0) is 16.4. The summed E-state index contributed by atoms with van der Waals surface area (Å²) in [6.45, 7) is 5.89. The van der Waals surface area contributed by atoms with Crippen molar-refractivity contribution >= 4 is 29.1 Å². The largest absolute Gasteiger partial charge is 0.325 e. The molecule has 2 heterocycles. The lowest BCUT2D eigenvalue weighted by atomic mass is 10.2. The molecular weight excluding hydrogens is 310 g/mol. The van der Waals surface area contributed by atoms with Gasteiger partial charge in [-0.1, -0.05) is 23.9 Å². The summed E-state index contributed by atoms with van der Waals surface area (Å²) in [7, 11) is 0. The van der Waals surface area contributed by atoms with E-state index in [9.17, 15) is 4.79 Å². The normalized spacial score (nSPS) is 10.9. The van der Waals surface area contributed by atoms with Gasteiger partial charge >= 0.3 is 0 Å². The Morgan fingerprint density at radius 3 is 2.83 bits per heavy atom. The van der Waals surface area contributed by atoms with Gasteiger partial charge in [-0.05, 0) is 44.5 Å². The van der Waals surface area contributed by atoms with Crippen LogP contribution in [0.4, 0.5) is 5.69 Å². The van der Waals surface area contributed by atoms with Gasteiger partial charge in [-0.2, -0.15) is 0 Å². The zero-order valence-electron chi connectivity index (χ0n) is 13.2. The molecule has 7 heteroatoms. The molecule has 0 aliphatic heterocycles. The molecule has 0 spiro atoms. The maximum Gasteiger partial charge on any atom is 0.256 e. The van der Waals surface area contributed by atoms with Crippen LogP contribution >= 0.6 is 11.8 Å². The topological polar surface area (TPSA) is 72.2 Å². The van der Waals surface area contributed by atoms with E-state index in [1.165, 1.54) is 11.8 Å². The Bertz CT molecular complexity index is 874. The third-order valence-corrected chi connectivity index (χ3v) is 4.23. The van der Waals surface area contributed by atoms with Gasteiger partial charge < -0.3 is 5.32 Å². The van der Waals surface area contributed by atoms with E-state index in [1.54, 1.807) is 0 Å². The average molecular weight is 327 g/mol. The smallest absolute Gasteiger partial charge is 0.256 e. The molecule has 2 aromatic heterocycles. The summed E-state index contributed by atoms with van der Waals surface area (Å²) in [5.74, 6) is 0.751. The number of hydrogen-bond acceptors (Lipinski definition) is 5. The van der Waals surface area contributed by atoms with Gasteiger partial charge in [0.15, 0.2) is 5.16 Å². The lowest BCUT2D eigenvalue weighted by Gasteiger charge is -2.06. The zero-order valence-corrected chi connectivity index (χ0v) is 14.0. The van der Waals surface area contributed by atoms with Gasteiger partial charge in [0.05, 0.1) is 5.75 Å². The van der Waals surface area contributed by atoms with Crippen molar-refractivity contribution in [1.29, 1.82) is 0 Å². The second-order valence-electron chi connectivity index (χ2n) is 5.36. The Labute approximate surface area is 138 Å². The number of nitrogens with one attached hydrogen (secondary N) is 1. The number of aryl methyl sites for hydroxylation is 3. The van der Waals surface area contributed by atoms with Gasteiger partial charge in [-0.25, -0.2) is 4.98 Å². The molecule has 1 N–H and O–H groups in total. The van der Waals surface area contributed by atoms with Crippen LogP contribution in [0.1, 0.15) is 17.0 Å². The van der Waals surface area contributed by atoms with Crippen LogP contribution in [0.15, 0.2) is 35.5 Å². The summed E-state index contributed by atoms with van der Waals surface area (Å²) in [6.07, 6.45) is 0. The fourth-order valence-electron chi connectivity index (χ4n) is 2.34. The minimum atomic E-state index is -0.0740. The van der Waals surface area contributed by atoms with Gasteiger partial charge in [0.2, 0.25) is 5.91 Å². The van der Waals surface area contributed by atoms with Crippen LogP contribution in [0.25, 0.3) is 5.78 Å². The number of anilines is 1. The van der Waals surface area contributed by atoms with Crippen molar-refractivity contribution in [3.05, 3.63) is 47.3 Å². The number of fused-ring (bicyclic) bond motifs is 1. The average Bonchev–Trinajstić information content (AvgIpc) is 2.88. The summed E-state index contributed by atoms with van der Waals surface area (Å²) in [4.78, 5) is 16.4. The number of hydrogen-bond donors (Lipinski definition) is 1. The van der Waals surface area contributed by atoms with E-state index in [0.717, 1.165) is 22.6 Å². The first-order valence-electron chi connectivity index (χ1n) is 7.21. The predicted octanol–water partition coefficient (Wildman–Crippen LogP) is 2.78. The number of nitrogens with zero attached hydrogens (tertiary/aromatic N) is 4. The number of thioether (sulfide) groups is 1. The Hall–Kier alpha value is -2.41.